The number of carbonyl (C=O) groups is 5. The summed E-state index contributed by atoms with van der Waals surface area (Å²) in [6, 6.07) is 15.5. The second kappa shape index (κ2) is 17.9. The van der Waals surface area contributed by atoms with Crippen molar-refractivity contribution in [3.63, 3.8) is 0 Å². The highest BCUT2D eigenvalue weighted by molar-refractivity contribution is 8.01. The van der Waals surface area contributed by atoms with Gasteiger partial charge in [0.05, 0.1) is 0 Å². The van der Waals surface area contributed by atoms with Gasteiger partial charge in [0.1, 0.15) is 27.8 Å². The third-order valence-corrected chi connectivity index (χ3v) is 12.5. The Kier molecular flexibility index (Phi) is 12.4. The number of oxime groups is 1. The first-order valence-electron chi connectivity index (χ1n) is 18.4. The van der Waals surface area contributed by atoms with Gasteiger partial charge in [-0.2, -0.15) is 0 Å². The molecule has 10 N–H and O–H groups in total. The maximum Gasteiger partial charge on any atom is 0.352 e. The fourth-order valence-electron chi connectivity index (χ4n) is 6.05. The number of aliphatic carboxylic acids is 1. The lowest BCUT2D eigenvalue weighted by molar-refractivity contribution is -0.150. The molecule has 3 aromatic carbocycles. The van der Waals surface area contributed by atoms with Crippen LogP contribution in [0.25, 0.3) is 22.5 Å². The molecule has 1 fully saturated rings. The number of nitrogen functional groups attached to an aromatic ring is 1. The predicted molar refractivity (Wildman–Crippen MR) is 230 cm³/mol. The highest BCUT2D eigenvalue weighted by Gasteiger charge is 2.54. The number of anilines is 1. The van der Waals surface area contributed by atoms with E-state index in [4.69, 9.17) is 15.6 Å². The van der Waals surface area contributed by atoms with E-state index in [1.54, 1.807) is 12.3 Å². The largest absolute Gasteiger partial charge is 0.504 e. The highest BCUT2D eigenvalue weighted by atomic mass is 32.2. The van der Waals surface area contributed by atoms with Gasteiger partial charge in [0.15, 0.2) is 39.7 Å². The second-order valence-corrected chi connectivity index (χ2v) is 17.1. The number of amides is 4. The van der Waals surface area contributed by atoms with Crippen molar-refractivity contribution in [2.45, 2.75) is 35.9 Å². The summed E-state index contributed by atoms with van der Waals surface area (Å²) in [6.07, 6.45) is 1.57. The maximum absolute atomic E-state index is 13.8. The number of hydrazine groups is 1. The Labute approximate surface area is 368 Å². The molecule has 2 aliphatic rings. The average molecular weight is 914 g/mol. The second-order valence-electron chi connectivity index (χ2n) is 14.1. The fourth-order valence-corrected chi connectivity index (χ4v) is 9.10. The number of β-lactam (4-membered cyclic amide) rings is 1. The molecule has 2 aromatic heterocycles. The molecule has 2 aliphatic heterocycles. The first-order valence-corrected chi connectivity index (χ1v) is 21.3. The first-order chi connectivity index (χ1) is 30.0. The number of nitrogens with two attached hydrogens (primary N) is 1. The molecular formula is C40H35N9O11S3. The number of carboxylic acid groups (broad SMARTS) is 1. The number of carboxylic acids is 1. The topological polar surface area (TPSA) is 312 Å². The number of phenolic OH excluding ortho intramolecular Hbond substituents is 4. The molecule has 7 rings (SSSR count). The van der Waals surface area contributed by atoms with Crippen molar-refractivity contribution in [1.82, 2.24) is 36.0 Å². The van der Waals surface area contributed by atoms with Gasteiger partial charge in [-0.3, -0.25) is 34.9 Å². The number of thiazole rings is 1. The molecule has 20 nitrogen and oxygen atoms in total. The normalized spacial score (nSPS) is 16.1. The van der Waals surface area contributed by atoms with Crippen molar-refractivity contribution < 1.29 is 54.3 Å². The van der Waals surface area contributed by atoms with Crippen LogP contribution in [0.2, 0.25) is 0 Å². The SMILES string of the molecule is CC(C)(ON=C(C(=O)N[C@@H]1C(=O)N2C(C(=O)O)=C(CSc3nc(-c4ccccc4)ncc3-c3ccc(O)c(O)c3)CS[C@H]12)c1csc(N)n1)C(=O)NNC(=O)c1ccc(O)c(O)c1. The van der Waals surface area contributed by atoms with Gasteiger partial charge in [-0.1, -0.05) is 41.6 Å². The molecule has 63 heavy (non-hydrogen) atoms. The van der Waals surface area contributed by atoms with E-state index in [0.29, 0.717) is 27.6 Å². The Morgan fingerprint density at radius 3 is 2.33 bits per heavy atom. The van der Waals surface area contributed by atoms with Crippen LogP contribution >= 0.6 is 34.9 Å². The zero-order valence-corrected chi connectivity index (χ0v) is 35.2. The van der Waals surface area contributed by atoms with E-state index in [-0.39, 0.29) is 45.1 Å². The third-order valence-electron chi connectivity index (χ3n) is 9.41. The molecule has 5 aromatic rings. The van der Waals surface area contributed by atoms with Gasteiger partial charge in [-0.05, 0) is 55.3 Å². The Balaban J connectivity index is 1.07. The van der Waals surface area contributed by atoms with Gasteiger partial charge in [-0.25, -0.2) is 19.7 Å². The number of hydrogen-bond acceptors (Lipinski definition) is 18. The van der Waals surface area contributed by atoms with E-state index in [2.05, 4.69) is 31.3 Å². The van der Waals surface area contributed by atoms with Gasteiger partial charge in [0.25, 0.3) is 23.6 Å². The lowest BCUT2D eigenvalue weighted by atomic mass is 10.0. The number of aromatic hydroxyl groups is 4. The van der Waals surface area contributed by atoms with Crippen LogP contribution in [0.5, 0.6) is 23.0 Å². The summed E-state index contributed by atoms with van der Waals surface area (Å²) in [4.78, 5) is 85.8. The number of hydrogen-bond donors (Lipinski definition) is 9. The monoisotopic (exact) mass is 913 g/mol. The summed E-state index contributed by atoms with van der Waals surface area (Å²) in [6.45, 7) is 2.56. The summed E-state index contributed by atoms with van der Waals surface area (Å²) < 4.78 is 0. The maximum atomic E-state index is 13.8. The summed E-state index contributed by atoms with van der Waals surface area (Å²) in [5.74, 6) is -5.85. The summed E-state index contributed by atoms with van der Waals surface area (Å²) in [5.41, 5.74) is 9.54. The van der Waals surface area contributed by atoms with Gasteiger partial charge >= 0.3 is 5.97 Å². The Bertz CT molecular complexity index is 2730. The number of aromatic nitrogens is 3. The summed E-state index contributed by atoms with van der Waals surface area (Å²) in [7, 11) is 0. The molecule has 0 aliphatic carbocycles. The minimum atomic E-state index is -1.84. The van der Waals surface area contributed by atoms with Crippen LogP contribution < -0.4 is 21.9 Å². The van der Waals surface area contributed by atoms with Crippen LogP contribution in [0.15, 0.2) is 99.8 Å². The van der Waals surface area contributed by atoms with Crippen molar-refractivity contribution in [3.8, 4) is 45.5 Å². The molecule has 2 atom stereocenters. The smallest absolute Gasteiger partial charge is 0.352 e. The number of rotatable bonds is 13. The molecule has 0 unspecified atom stereocenters. The molecule has 0 radical (unpaired) electrons. The third kappa shape index (κ3) is 9.29. The number of fused-ring (bicyclic) bond motifs is 1. The molecule has 4 amide bonds. The van der Waals surface area contributed by atoms with E-state index >= 15 is 0 Å². The van der Waals surface area contributed by atoms with E-state index in [9.17, 15) is 49.5 Å². The van der Waals surface area contributed by atoms with Crippen LogP contribution in [-0.2, 0) is 24.0 Å². The van der Waals surface area contributed by atoms with Crippen LogP contribution in [0.1, 0.15) is 29.9 Å². The van der Waals surface area contributed by atoms with Gasteiger partial charge in [0, 0.05) is 39.8 Å². The van der Waals surface area contributed by atoms with Crippen LogP contribution in [0.4, 0.5) is 5.13 Å². The van der Waals surface area contributed by atoms with E-state index in [1.807, 2.05) is 30.3 Å². The number of benzene rings is 3. The number of nitrogens with zero attached hydrogens (tertiary/aromatic N) is 5. The van der Waals surface area contributed by atoms with Crippen molar-refractivity contribution in [2.24, 2.45) is 5.16 Å². The lowest BCUT2D eigenvalue weighted by Gasteiger charge is -2.49. The molecular weight excluding hydrogens is 879 g/mol. The Hall–Kier alpha value is -7.37. The van der Waals surface area contributed by atoms with Crippen molar-refractivity contribution in [2.75, 3.05) is 17.2 Å². The first kappa shape index (κ1) is 43.7. The highest BCUT2D eigenvalue weighted by Crippen LogP contribution is 2.43. The fraction of sp³-hybridized carbons (Fsp3) is 0.175. The van der Waals surface area contributed by atoms with Gasteiger partial charge < -0.3 is 41.4 Å². The molecule has 4 heterocycles. The average Bonchev–Trinajstić information content (AvgIpc) is 3.70. The van der Waals surface area contributed by atoms with Crippen LogP contribution in [0, 0.1) is 0 Å². The number of phenols is 4. The van der Waals surface area contributed by atoms with Gasteiger partial charge in [-0.15, -0.1) is 34.9 Å². The molecule has 0 saturated carbocycles. The minimum Gasteiger partial charge on any atom is -0.504 e. The van der Waals surface area contributed by atoms with Crippen molar-refractivity contribution >= 4 is 75.3 Å². The molecule has 1 saturated heterocycles. The van der Waals surface area contributed by atoms with Gasteiger partial charge in [0.2, 0.25) is 5.60 Å². The molecule has 0 bridgehead atoms. The Morgan fingerprint density at radius 1 is 0.952 bits per heavy atom. The Morgan fingerprint density at radius 2 is 1.67 bits per heavy atom. The van der Waals surface area contributed by atoms with Crippen LogP contribution in [0.3, 0.4) is 0 Å². The van der Waals surface area contributed by atoms with Crippen LogP contribution in [-0.4, -0.2) is 109 Å². The zero-order valence-electron chi connectivity index (χ0n) is 32.8. The molecule has 23 heteroatoms. The quantitative estimate of drug-likeness (QED) is 0.0205. The summed E-state index contributed by atoms with van der Waals surface area (Å²) in [5, 5.41) is 57.3. The van der Waals surface area contributed by atoms with Crippen molar-refractivity contribution in [1.29, 1.82) is 0 Å². The minimum absolute atomic E-state index is 0.0564. The standard InChI is InChI=1S/C40H35N9O11S3/c1-40(2,38(59)47-46-32(54)20-9-11-25(51)27(53)13-20)60-48-28(23-17-63-39(41)43-23)33(55)44-29-35(56)49-30(37(57)58)21(16-62-36(29)49)15-61-34-22(19-8-10-24(50)26(52)12-19)14-42-31(45-34)18-6-4-3-5-7-18/h3-14,17,29,36,50-53H,15-16H2,1-2H3,(H2,41,43)(H,44,55)(H,46,54)(H,47,59)(H,57,58)/t29-,36-/m1/s1. The number of carbonyl (C=O) groups excluding carboxylic acids is 4. The predicted octanol–water partition coefficient (Wildman–Crippen LogP) is 3.16. The van der Waals surface area contributed by atoms with E-state index in [0.717, 1.165) is 33.9 Å². The molecule has 324 valence electrons. The number of nitrogens with one attached hydrogen (secondary N) is 3. The molecule has 0 spiro atoms. The summed E-state index contributed by atoms with van der Waals surface area (Å²) >= 11 is 3.39. The van der Waals surface area contributed by atoms with E-state index in [1.165, 1.54) is 61.0 Å². The zero-order chi connectivity index (χ0) is 45.2. The van der Waals surface area contributed by atoms with E-state index < -0.39 is 63.8 Å². The number of thioether (sulfide) groups is 2. The lowest BCUT2D eigenvalue weighted by Crippen LogP contribution is -2.71. The van der Waals surface area contributed by atoms with Crippen molar-refractivity contribution in [3.05, 3.63) is 101 Å².